The summed E-state index contributed by atoms with van der Waals surface area (Å²) in [6, 6.07) is 12.2. The van der Waals surface area contributed by atoms with E-state index in [1.54, 1.807) is 30.3 Å². The third-order valence-electron chi connectivity index (χ3n) is 5.29. The van der Waals surface area contributed by atoms with Crippen LogP contribution in [0.25, 0.3) is 0 Å². The molecule has 2 aromatic carbocycles. The van der Waals surface area contributed by atoms with Crippen molar-refractivity contribution in [2.24, 2.45) is 0 Å². The van der Waals surface area contributed by atoms with E-state index in [4.69, 9.17) is 0 Å². The summed E-state index contributed by atoms with van der Waals surface area (Å²) in [5.41, 5.74) is 4.01. The van der Waals surface area contributed by atoms with Gasteiger partial charge in [-0.3, -0.25) is 4.79 Å². The molecule has 0 spiro atoms. The lowest BCUT2D eigenvalue weighted by molar-refractivity contribution is -0.117. The number of piperidine rings is 1. The van der Waals surface area contributed by atoms with Crippen molar-refractivity contribution in [3.8, 4) is 0 Å². The van der Waals surface area contributed by atoms with Gasteiger partial charge >= 0.3 is 0 Å². The van der Waals surface area contributed by atoms with E-state index in [0.29, 0.717) is 13.0 Å². The number of rotatable bonds is 5. The van der Waals surface area contributed by atoms with Gasteiger partial charge < -0.3 is 5.32 Å². The molecule has 1 aliphatic heterocycles. The summed E-state index contributed by atoms with van der Waals surface area (Å²) in [7, 11) is -3.60. The molecule has 6 heteroatoms. The lowest BCUT2D eigenvalue weighted by atomic mass is 10.0. The minimum absolute atomic E-state index is 0.143. The van der Waals surface area contributed by atoms with Crippen LogP contribution in [0.3, 0.4) is 0 Å². The first-order valence-corrected chi connectivity index (χ1v) is 11.2. The first-order chi connectivity index (χ1) is 13.3. The van der Waals surface area contributed by atoms with Gasteiger partial charge in [0.05, 0.1) is 4.90 Å². The highest BCUT2D eigenvalue weighted by molar-refractivity contribution is 7.89. The Morgan fingerprint density at radius 2 is 1.71 bits per heavy atom. The molecule has 1 saturated heterocycles. The van der Waals surface area contributed by atoms with Crippen LogP contribution in [-0.2, 0) is 14.8 Å². The van der Waals surface area contributed by atoms with Crippen LogP contribution in [0.2, 0.25) is 0 Å². The van der Waals surface area contributed by atoms with Crippen molar-refractivity contribution in [1.29, 1.82) is 0 Å². The van der Waals surface area contributed by atoms with Crippen LogP contribution in [0.15, 0.2) is 47.4 Å². The van der Waals surface area contributed by atoms with E-state index in [1.165, 1.54) is 4.31 Å². The topological polar surface area (TPSA) is 66.5 Å². The number of nitrogens with zero attached hydrogens (tertiary/aromatic N) is 1. The van der Waals surface area contributed by atoms with Gasteiger partial charge in [0.25, 0.3) is 0 Å². The summed E-state index contributed by atoms with van der Waals surface area (Å²) in [6.45, 7) is 6.43. The van der Waals surface area contributed by atoms with Crippen molar-refractivity contribution in [1.82, 2.24) is 4.31 Å². The lowest BCUT2D eigenvalue weighted by Crippen LogP contribution is -2.45. The summed E-state index contributed by atoms with van der Waals surface area (Å²) in [4.78, 5) is 13.0. The van der Waals surface area contributed by atoms with Crippen molar-refractivity contribution in [3.05, 3.63) is 59.2 Å². The monoisotopic (exact) mass is 400 g/mol. The van der Waals surface area contributed by atoms with Gasteiger partial charge in [-0.25, -0.2) is 8.42 Å². The van der Waals surface area contributed by atoms with E-state index in [0.717, 1.165) is 35.2 Å². The molecule has 1 amide bonds. The lowest BCUT2D eigenvalue weighted by Gasteiger charge is -2.34. The van der Waals surface area contributed by atoms with Gasteiger partial charge in [0.1, 0.15) is 0 Å². The fourth-order valence-corrected chi connectivity index (χ4v) is 5.72. The second-order valence-electron chi connectivity index (χ2n) is 7.60. The Kier molecular flexibility index (Phi) is 6.20. The van der Waals surface area contributed by atoms with Crippen LogP contribution >= 0.6 is 0 Å². The molecule has 0 radical (unpaired) electrons. The van der Waals surface area contributed by atoms with Crippen LogP contribution in [0.4, 0.5) is 5.69 Å². The van der Waals surface area contributed by atoms with Gasteiger partial charge in [-0.1, -0.05) is 42.3 Å². The number of hydrogen-bond donors (Lipinski definition) is 1. The molecule has 1 fully saturated rings. The second-order valence-corrected chi connectivity index (χ2v) is 9.49. The van der Waals surface area contributed by atoms with E-state index in [-0.39, 0.29) is 23.3 Å². The molecule has 1 aliphatic rings. The van der Waals surface area contributed by atoms with Crippen molar-refractivity contribution >= 4 is 21.6 Å². The maximum Gasteiger partial charge on any atom is 0.243 e. The van der Waals surface area contributed by atoms with Crippen LogP contribution in [0, 0.1) is 20.8 Å². The Morgan fingerprint density at radius 3 is 2.36 bits per heavy atom. The van der Waals surface area contributed by atoms with Gasteiger partial charge in [-0.15, -0.1) is 0 Å². The molecule has 1 atom stereocenters. The van der Waals surface area contributed by atoms with Crippen LogP contribution < -0.4 is 5.32 Å². The number of carbonyl (C=O) groups is 1. The molecule has 0 unspecified atom stereocenters. The maximum atomic E-state index is 13.1. The summed E-state index contributed by atoms with van der Waals surface area (Å²) in [5.74, 6) is -0.143. The number of anilines is 1. The molecule has 5 nitrogen and oxygen atoms in total. The minimum atomic E-state index is -3.60. The first-order valence-electron chi connectivity index (χ1n) is 9.73. The quantitative estimate of drug-likeness (QED) is 0.819. The summed E-state index contributed by atoms with van der Waals surface area (Å²) in [6.07, 6.45) is 2.62. The zero-order valence-electron chi connectivity index (χ0n) is 16.7. The van der Waals surface area contributed by atoms with Crippen LogP contribution in [0.5, 0.6) is 0 Å². The molecule has 3 rings (SSSR count). The van der Waals surface area contributed by atoms with Crippen molar-refractivity contribution in [2.75, 3.05) is 11.9 Å². The molecule has 150 valence electrons. The smallest absolute Gasteiger partial charge is 0.243 e. The predicted octanol–water partition coefficient (Wildman–Crippen LogP) is 4.18. The van der Waals surface area contributed by atoms with Crippen molar-refractivity contribution in [2.45, 2.75) is 57.4 Å². The van der Waals surface area contributed by atoms with E-state index in [2.05, 4.69) is 5.32 Å². The average molecular weight is 401 g/mol. The molecule has 1 N–H and O–H groups in total. The molecular weight excluding hydrogens is 372 g/mol. The van der Waals surface area contributed by atoms with E-state index in [1.807, 2.05) is 32.9 Å². The first kappa shape index (κ1) is 20.6. The molecule has 0 aromatic heterocycles. The Labute approximate surface area is 167 Å². The summed E-state index contributed by atoms with van der Waals surface area (Å²) in [5, 5.41) is 3.00. The van der Waals surface area contributed by atoms with E-state index in [9.17, 15) is 13.2 Å². The highest BCUT2D eigenvalue weighted by Crippen LogP contribution is 2.28. The average Bonchev–Trinajstić information content (AvgIpc) is 2.65. The van der Waals surface area contributed by atoms with Gasteiger partial charge in [-0.05, 0) is 56.9 Å². The Balaban J connectivity index is 1.77. The zero-order valence-corrected chi connectivity index (χ0v) is 17.6. The highest BCUT2D eigenvalue weighted by atomic mass is 32.2. The molecule has 0 bridgehead atoms. The molecule has 2 aromatic rings. The van der Waals surface area contributed by atoms with Gasteiger partial charge in [0.2, 0.25) is 15.9 Å². The Hall–Kier alpha value is -2.18. The number of carbonyl (C=O) groups excluding carboxylic acids is 1. The maximum absolute atomic E-state index is 13.1. The van der Waals surface area contributed by atoms with Gasteiger partial charge in [0, 0.05) is 24.7 Å². The molecule has 28 heavy (non-hydrogen) atoms. The number of amides is 1. The van der Waals surface area contributed by atoms with Crippen LogP contribution in [-0.4, -0.2) is 31.2 Å². The minimum Gasteiger partial charge on any atom is -0.326 e. The highest BCUT2D eigenvalue weighted by Gasteiger charge is 2.34. The van der Waals surface area contributed by atoms with E-state index < -0.39 is 10.0 Å². The molecular formula is C22H28N2O3S. The normalized spacial score (nSPS) is 18.0. The summed E-state index contributed by atoms with van der Waals surface area (Å²) < 4.78 is 27.7. The number of hydrogen-bond acceptors (Lipinski definition) is 3. The van der Waals surface area contributed by atoms with Gasteiger partial charge in [-0.2, -0.15) is 4.31 Å². The standard InChI is InChI=1S/C22H28N2O3S/c1-16-13-17(2)22(18(3)14-16)23-21(25)15-19-9-7-8-12-24(19)28(26,27)20-10-5-4-6-11-20/h4-6,10-11,13-14,19H,7-9,12,15H2,1-3H3,(H,23,25)/t19-/m1/s1. The van der Waals surface area contributed by atoms with Crippen LogP contribution in [0.1, 0.15) is 42.4 Å². The second kappa shape index (κ2) is 8.45. The number of nitrogens with one attached hydrogen (secondary N) is 1. The Bertz CT molecular complexity index is 932. The fourth-order valence-electron chi connectivity index (χ4n) is 4.00. The van der Waals surface area contributed by atoms with E-state index >= 15 is 0 Å². The van der Waals surface area contributed by atoms with Gasteiger partial charge in [0.15, 0.2) is 0 Å². The third kappa shape index (κ3) is 4.45. The third-order valence-corrected chi connectivity index (χ3v) is 7.25. The zero-order chi connectivity index (χ0) is 20.3. The molecule has 0 saturated carbocycles. The predicted molar refractivity (Wildman–Crippen MR) is 112 cm³/mol. The summed E-state index contributed by atoms with van der Waals surface area (Å²) >= 11 is 0. The number of sulfonamides is 1. The van der Waals surface area contributed by atoms with Crippen molar-refractivity contribution in [3.63, 3.8) is 0 Å². The SMILES string of the molecule is Cc1cc(C)c(NC(=O)C[C@H]2CCCCN2S(=O)(=O)c2ccccc2)c(C)c1. The van der Waals surface area contributed by atoms with Crippen molar-refractivity contribution < 1.29 is 13.2 Å². The number of benzene rings is 2. The Morgan fingerprint density at radius 1 is 1.07 bits per heavy atom. The fraction of sp³-hybridized carbons (Fsp3) is 0.409. The largest absolute Gasteiger partial charge is 0.326 e. The molecule has 0 aliphatic carbocycles. The molecule has 1 heterocycles. The number of aryl methyl sites for hydroxylation is 3.